The molecule has 0 aromatic heterocycles. The van der Waals surface area contributed by atoms with Gasteiger partial charge < -0.3 is 0 Å². The van der Waals surface area contributed by atoms with Crippen molar-refractivity contribution in [1.82, 2.24) is 0 Å². The van der Waals surface area contributed by atoms with Crippen LogP contribution in [0.15, 0.2) is 0 Å². The molecule has 0 unspecified atom stereocenters. The summed E-state index contributed by atoms with van der Waals surface area (Å²) in [5, 5.41) is 0. The van der Waals surface area contributed by atoms with Crippen molar-refractivity contribution < 1.29 is 9.78 Å². The molecule has 0 heterocycles. The zero-order chi connectivity index (χ0) is 11.7. The maximum absolute atomic E-state index is 5.89. The summed E-state index contributed by atoms with van der Waals surface area (Å²) < 4.78 is 0. The van der Waals surface area contributed by atoms with E-state index < -0.39 is 0 Å². The van der Waals surface area contributed by atoms with Gasteiger partial charge in [-0.1, -0.05) is 19.8 Å². The zero-order valence-corrected chi connectivity index (χ0v) is 11.1. The second-order valence-electron chi connectivity index (χ2n) is 6.71. The molecule has 0 aromatic carbocycles. The molecule has 2 heteroatoms. The molecule has 0 spiro atoms. The van der Waals surface area contributed by atoms with Crippen molar-refractivity contribution in [3.8, 4) is 0 Å². The molecule has 4 bridgehead atoms. The van der Waals surface area contributed by atoms with E-state index in [1.54, 1.807) is 0 Å². The highest BCUT2D eigenvalue weighted by molar-refractivity contribution is 5.02. The van der Waals surface area contributed by atoms with Gasteiger partial charge in [-0.2, -0.15) is 0 Å². The lowest BCUT2D eigenvalue weighted by Crippen LogP contribution is -2.52. The summed E-state index contributed by atoms with van der Waals surface area (Å²) >= 11 is 0. The van der Waals surface area contributed by atoms with Gasteiger partial charge in [0.15, 0.2) is 0 Å². The number of hydrogen-bond acceptors (Lipinski definition) is 2. The topological polar surface area (TPSA) is 18.5 Å². The Bertz CT molecular complexity index is 226. The summed E-state index contributed by atoms with van der Waals surface area (Å²) in [6.45, 7) is 3.01. The quantitative estimate of drug-likeness (QED) is 0.394. The summed E-state index contributed by atoms with van der Waals surface area (Å²) in [7, 11) is 0. The predicted octanol–water partition coefficient (Wildman–Crippen LogP) is 4.09. The lowest BCUT2D eigenvalue weighted by molar-refractivity contribution is -0.387. The third-order valence-electron chi connectivity index (χ3n) is 5.05. The van der Waals surface area contributed by atoms with Gasteiger partial charge in [-0.25, -0.2) is 9.78 Å². The third-order valence-corrected chi connectivity index (χ3v) is 5.05. The van der Waals surface area contributed by atoms with E-state index in [-0.39, 0.29) is 5.60 Å². The minimum atomic E-state index is 0.126. The first-order chi connectivity index (χ1) is 8.30. The van der Waals surface area contributed by atoms with E-state index in [0.29, 0.717) is 0 Å². The van der Waals surface area contributed by atoms with Crippen molar-refractivity contribution in [3.63, 3.8) is 0 Å². The van der Waals surface area contributed by atoms with Crippen molar-refractivity contribution in [2.24, 2.45) is 17.8 Å². The van der Waals surface area contributed by atoms with Crippen LogP contribution < -0.4 is 0 Å². The second-order valence-corrected chi connectivity index (χ2v) is 6.71. The fraction of sp³-hybridized carbons (Fsp3) is 1.00. The van der Waals surface area contributed by atoms with Crippen LogP contribution in [0.4, 0.5) is 0 Å². The van der Waals surface area contributed by atoms with Gasteiger partial charge in [0.25, 0.3) is 0 Å². The van der Waals surface area contributed by atoms with Crippen LogP contribution in [-0.2, 0) is 9.78 Å². The normalized spacial score (nSPS) is 43.2. The molecule has 0 amide bonds. The Kier molecular flexibility index (Phi) is 3.45. The molecule has 4 saturated carbocycles. The van der Waals surface area contributed by atoms with Gasteiger partial charge in [-0.3, -0.25) is 0 Å². The van der Waals surface area contributed by atoms with E-state index in [2.05, 4.69) is 6.92 Å². The summed E-state index contributed by atoms with van der Waals surface area (Å²) in [4.78, 5) is 11.4. The molecule has 4 rings (SSSR count). The molecule has 0 aliphatic heterocycles. The van der Waals surface area contributed by atoms with E-state index in [1.165, 1.54) is 51.4 Å². The van der Waals surface area contributed by atoms with Gasteiger partial charge in [0.05, 0.1) is 6.61 Å². The average Bonchev–Trinajstić information content (AvgIpc) is 2.26. The summed E-state index contributed by atoms with van der Waals surface area (Å²) in [6, 6.07) is 0. The molecule has 4 fully saturated rings. The van der Waals surface area contributed by atoms with Crippen LogP contribution in [0.25, 0.3) is 0 Å². The molecule has 2 nitrogen and oxygen atoms in total. The van der Waals surface area contributed by atoms with Crippen molar-refractivity contribution in [3.05, 3.63) is 0 Å². The molecule has 0 saturated heterocycles. The highest BCUT2D eigenvalue weighted by atomic mass is 17.2. The van der Waals surface area contributed by atoms with Gasteiger partial charge in [0.2, 0.25) is 0 Å². The smallest absolute Gasteiger partial charge is 0.104 e. The standard InChI is InChI=1S/C15H26O2/c1-2-3-4-5-16-17-15-9-12-6-13(10-15)8-14(7-12)11-15/h12-14H,2-11H2,1H3. The van der Waals surface area contributed by atoms with Gasteiger partial charge >= 0.3 is 0 Å². The lowest BCUT2D eigenvalue weighted by atomic mass is 9.54. The molecular formula is C15H26O2. The monoisotopic (exact) mass is 238 g/mol. The first-order valence-corrected chi connectivity index (χ1v) is 7.60. The Morgan fingerprint density at radius 3 is 2.06 bits per heavy atom. The lowest BCUT2D eigenvalue weighted by Gasteiger charge is -2.55. The molecule has 0 aromatic rings. The summed E-state index contributed by atoms with van der Waals surface area (Å²) in [5.41, 5.74) is 0.126. The largest absolute Gasteiger partial charge is 0.236 e. The van der Waals surface area contributed by atoms with Gasteiger partial charge in [-0.15, -0.1) is 0 Å². The number of hydrogen-bond donors (Lipinski definition) is 0. The van der Waals surface area contributed by atoms with Crippen molar-refractivity contribution in [1.29, 1.82) is 0 Å². The molecule has 4 aliphatic rings. The molecule has 98 valence electrons. The summed E-state index contributed by atoms with van der Waals surface area (Å²) in [5.74, 6) is 2.83. The SMILES string of the molecule is CCCCCOOC12CC3CC(CC(C3)C1)C2. The molecular weight excluding hydrogens is 212 g/mol. The van der Waals surface area contributed by atoms with Crippen molar-refractivity contribution in [2.75, 3.05) is 6.61 Å². The Balaban J connectivity index is 1.49. The first kappa shape index (κ1) is 12.0. The highest BCUT2D eigenvalue weighted by Crippen LogP contribution is 2.57. The Hall–Kier alpha value is -0.0800. The van der Waals surface area contributed by atoms with Crippen molar-refractivity contribution in [2.45, 2.75) is 70.3 Å². The minimum absolute atomic E-state index is 0.126. The van der Waals surface area contributed by atoms with Crippen LogP contribution in [0.3, 0.4) is 0 Å². The molecule has 4 aliphatic carbocycles. The van der Waals surface area contributed by atoms with Crippen LogP contribution in [0.1, 0.15) is 64.7 Å². The maximum Gasteiger partial charge on any atom is 0.104 e. The molecule has 0 atom stereocenters. The van der Waals surface area contributed by atoms with Crippen LogP contribution >= 0.6 is 0 Å². The van der Waals surface area contributed by atoms with Gasteiger partial charge in [0, 0.05) is 0 Å². The fourth-order valence-electron chi connectivity index (χ4n) is 4.71. The van der Waals surface area contributed by atoms with E-state index >= 15 is 0 Å². The maximum atomic E-state index is 5.89. The molecule has 17 heavy (non-hydrogen) atoms. The van der Waals surface area contributed by atoms with E-state index in [0.717, 1.165) is 30.8 Å². The number of unbranched alkanes of at least 4 members (excludes halogenated alkanes) is 2. The Labute approximate surface area is 105 Å². The predicted molar refractivity (Wildman–Crippen MR) is 67.5 cm³/mol. The zero-order valence-electron chi connectivity index (χ0n) is 11.1. The van der Waals surface area contributed by atoms with Crippen molar-refractivity contribution >= 4 is 0 Å². The van der Waals surface area contributed by atoms with E-state index in [9.17, 15) is 0 Å². The van der Waals surface area contributed by atoms with Crippen LogP contribution in [0, 0.1) is 17.8 Å². The highest BCUT2D eigenvalue weighted by Gasteiger charge is 2.52. The molecule has 0 N–H and O–H groups in total. The second kappa shape index (κ2) is 4.89. The van der Waals surface area contributed by atoms with E-state index in [4.69, 9.17) is 9.78 Å². The van der Waals surface area contributed by atoms with Crippen LogP contribution in [-0.4, -0.2) is 12.2 Å². The summed E-state index contributed by atoms with van der Waals surface area (Å²) in [6.07, 6.45) is 11.9. The van der Waals surface area contributed by atoms with Crippen LogP contribution in [0.2, 0.25) is 0 Å². The van der Waals surface area contributed by atoms with Crippen LogP contribution in [0.5, 0.6) is 0 Å². The molecule has 0 radical (unpaired) electrons. The first-order valence-electron chi connectivity index (χ1n) is 7.60. The third kappa shape index (κ3) is 2.53. The number of rotatable bonds is 6. The van der Waals surface area contributed by atoms with Gasteiger partial charge in [-0.05, 0) is 62.7 Å². The van der Waals surface area contributed by atoms with E-state index in [1.807, 2.05) is 0 Å². The Morgan fingerprint density at radius 1 is 0.941 bits per heavy atom. The average molecular weight is 238 g/mol. The minimum Gasteiger partial charge on any atom is -0.236 e. The Morgan fingerprint density at radius 2 is 1.53 bits per heavy atom. The van der Waals surface area contributed by atoms with Gasteiger partial charge in [0.1, 0.15) is 5.60 Å². The fourth-order valence-corrected chi connectivity index (χ4v) is 4.71.